The van der Waals surface area contributed by atoms with Gasteiger partial charge in [-0.3, -0.25) is 10.1 Å². The van der Waals surface area contributed by atoms with Crippen molar-refractivity contribution in [3.8, 4) is 5.75 Å². The van der Waals surface area contributed by atoms with E-state index in [1.807, 2.05) is 5.32 Å². The molecule has 1 rings (SSSR count). The monoisotopic (exact) mass is 209 g/mol. The van der Waals surface area contributed by atoms with Gasteiger partial charge in [0.1, 0.15) is 0 Å². The number of amides is 3. The molecule has 6 nitrogen and oxygen atoms in total. The number of rotatable bonds is 2. The second kappa shape index (κ2) is 4.32. The minimum atomic E-state index is -0.926. The molecule has 0 saturated carbocycles. The highest BCUT2D eigenvalue weighted by Crippen LogP contribution is 2.25. The van der Waals surface area contributed by atoms with E-state index >= 15 is 0 Å². The lowest BCUT2D eigenvalue weighted by atomic mass is 10.1. The minimum Gasteiger partial charge on any atom is -0.494 e. The van der Waals surface area contributed by atoms with Crippen molar-refractivity contribution in [3.05, 3.63) is 23.8 Å². The van der Waals surface area contributed by atoms with E-state index in [4.69, 9.17) is 16.2 Å². The maximum absolute atomic E-state index is 11.4. The van der Waals surface area contributed by atoms with E-state index in [9.17, 15) is 9.59 Å². The Hall–Kier alpha value is -2.24. The first-order valence-electron chi connectivity index (χ1n) is 4.09. The highest BCUT2D eigenvalue weighted by molar-refractivity contribution is 6.06. The lowest BCUT2D eigenvalue weighted by Crippen LogP contribution is -2.35. The number of nitrogen functional groups attached to an aromatic ring is 1. The van der Waals surface area contributed by atoms with Gasteiger partial charge in [-0.25, -0.2) is 4.79 Å². The maximum Gasteiger partial charge on any atom is 0.319 e. The van der Waals surface area contributed by atoms with Crippen LogP contribution in [-0.2, 0) is 0 Å². The third-order valence-corrected chi connectivity index (χ3v) is 1.73. The van der Waals surface area contributed by atoms with Crippen molar-refractivity contribution in [3.63, 3.8) is 0 Å². The summed E-state index contributed by atoms with van der Waals surface area (Å²) in [6.45, 7) is 0. The Kier molecular flexibility index (Phi) is 3.12. The van der Waals surface area contributed by atoms with Gasteiger partial charge < -0.3 is 16.2 Å². The summed E-state index contributed by atoms with van der Waals surface area (Å²) in [5.74, 6) is -0.428. The third kappa shape index (κ3) is 2.37. The van der Waals surface area contributed by atoms with Crippen LogP contribution in [0.4, 0.5) is 10.5 Å². The standard InChI is InChI=1S/C9H11N3O3/c1-15-7-5(3-2-4-6(7)10)8(13)12-9(11)14/h2-4H,10H2,1H3,(H3,11,12,13,14). The summed E-state index contributed by atoms with van der Waals surface area (Å²) < 4.78 is 4.94. The molecule has 0 aliphatic heterocycles. The summed E-state index contributed by atoms with van der Waals surface area (Å²) in [7, 11) is 1.38. The van der Waals surface area contributed by atoms with E-state index in [0.29, 0.717) is 5.69 Å². The average molecular weight is 209 g/mol. The summed E-state index contributed by atoms with van der Waals surface area (Å²) in [5.41, 5.74) is 10.9. The molecular weight excluding hydrogens is 198 g/mol. The van der Waals surface area contributed by atoms with E-state index in [2.05, 4.69) is 0 Å². The van der Waals surface area contributed by atoms with Gasteiger partial charge in [-0.2, -0.15) is 0 Å². The molecule has 80 valence electrons. The van der Waals surface area contributed by atoms with Crippen molar-refractivity contribution < 1.29 is 14.3 Å². The number of carbonyl (C=O) groups is 2. The number of anilines is 1. The Labute approximate surface area is 86.2 Å². The minimum absolute atomic E-state index is 0.163. The number of hydrogen-bond acceptors (Lipinski definition) is 4. The summed E-state index contributed by atoms with van der Waals surface area (Å²) in [6, 6.07) is 3.71. The van der Waals surface area contributed by atoms with E-state index in [1.165, 1.54) is 13.2 Å². The van der Waals surface area contributed by atoms with Crippen LogP contribution in [0.25, 0.3) is 0 Å². The Morgan fingerprint density at radius 1 is 1.40 bits per heavy atom. The molecule has 0 spiro atoms. The van der Waals surface area contributed by atoms with Gasteiger partial charge in [-0.15, -0.1) is 0 Å². The van der Waals surface area contributed by atoms with Crippen LogP contribution in [0.5, 0.6) is 5.75 Å². The van der Waals surface area contributed by atoms with Crippen molar-refractivity contribution >= 4 is 17.6 Å². The van der Waals surface area contributed by atoms with Crippen molar-refractivity contribution in [1.82, 2.24) is 5.32 Å². The van der Waals surface area contributed by atoms with Gasteiger partial charge in [0, 0.05) is 0 Å². The zero-order chi connectivity index (χ0) is 11.4. The van der Waals surface area contributed by atoms with E-state index in [-0.39, 0.29) is 11.3 Å². The van der Waals surface area contributed by atoms with Crippen LogP contribution in [0.3, 0.4) is 0 Å². The molecule has 1 aromatic rings. The highest BCUT2D eigenvalue weighted by Gasteiger charge is 2.15. The first kappa shape index (κ1) is 10.8. The predicted octanol–water partition coefficient (Wildman–Crippen LogP) is 0.0859. The van der Waals surface area contributed by atoms with Crippen LogP contribution >= 0.6 is 0 Å². The Balaban J connectivity index is 3.08. The maximum atomic E-state index is 11.4. The SMILES string of the molecule is COc1c(N)cccc1C(=O)NC(N)=O. The first-order chi connectivity index (χ1) is 7.06. The number of nitrogens with one attached hydrogen (secondary N) is 1. The number of urea groups is 1. The number of carbonyl (C=O) groups excluding carboxylic acids is 2. The lowest BCUT2D eigenvalue weighted by Gasteiger charge is -2.09. The lowest BCUT2D eigenvalue weighted by molar-refractivity contribution is 0.0963. The van der Waals surface area contributed by atoms with Gasteiger partial charge in [0.05, 0.1) is 18.4 Å². The molecule has 0 heterocycles. The van der Waals surface area contributed by atoms with E-state index in [1.54, 1.807) is 12.1 Å². The molecule has 1 aromatic carbocycles. The van der Waals surface area contributed by atoms with Crippen LogP contribution in [0.1, 0.15) is 10.4 Å². The molecule has 0 radical (unpaired) electrons. The van der Waals surface area contributed by atoms with Crippen LogP contribution in [0.15, 0.2) is 18.2 Å². The van der Waals surface area contributed by atoms with Gasteiger partial charge in [0.2, 0.25) is 0 Å². The fourth-order valence-electron chi connectivity index (χ4n) is 1.14. The molecule has 0 aliphatic rings. The molecule has 0 fully saturated rings. The van der Waals surface area contributed by atoms with Gasteiger partial charge >= 0.3 is 6.03 Å². The van der Waals surface area contributed by atoms with Crippen molar-refractivity contribution in [2.24, 2.45) is 5.73 Å². The van der Waals surface area contributed by atoms with Crippen molar-refractivity contribution in [2.75, 3.05) is 12.8 Å². The zero-order valence-electron chi connectivity index (χ0n) is 8.11. The molecule has 3 amide bonds. The van der Waals surface area contributed by atoms with Crippen molar-refractivity contribution in [1.29, 1.82) is 0 Å². The predicted molar refractivity (Wildman–Crippen MR) is 54.5 cm³/mol. The number of benzene rings is 1. The number of primary amides is 1. The van der Waals surface area contributed by atoms with Gasteiger partial charge in [-0.1, -0.05) is 6.07 Å². The third-order valence-electron chi connectivity index (χ3n) is 1.73. The molecule has 0 bridgehead atoms. The smallest absolute Gasteiger partial charge is 0.319 e. The van der Waals surface area contributed by atoms with Crippen molar-refractivity contribution in [2.45, 2.75) is 0 Å². The Morgan fingerprint density at radius 2 is 2.07 bits per heavy atom. The first-order valence-corrected chi connectivity index (χ1v) is 4.09. The molecule has 5 N–H and O–H groups in total. The summed E-state index contributed by atoms with van der Waals surface area (Å²) >= 11 is 0. The fourth-order valence-corrected chi connectivity index (χ4v) is 1.14. The summed E-state index contributed by atoms with van der Waals surface area (Å²) in [4.78, 5) is 21.9. The quantitative estimate of drug-likeness (QED) is 0.599. The number of ether oxygens (including phenoxy) is 1. The Morgan fingerprint density at radius 3 is 2.60 bits per heavy atom. The van der Waals surface area contributed by atoms with Gasteiger partial charge in [-0.05, 0) is 12.1 Å². The molecule has 0 saturated heterocycles. The van der Waals surface area contributed by atoms with Gasteiger partial charge in [0.25, 0.3) is 5.91 Å². The van der Waals surface area contributed by atoms with E-state index in [0.717, 1.165) is 0 Å². The van der Waals surface area contributed by atoms with E-state index < -0.39 is 11.9 Å². The molecule has 0 unspecified atom stereocenters. The zero-order valence-corrected chi connectivity index (χ0v) is 8.11. The van der Waals surface area contributed by atoms with Gasteiger partial charge in [0.15, 0.2) is 5.75 Å². The highest BCUT2D eigenvalue weighted by atomic mass is 16.5. The summed E-state index contributed by atoms with van der Waals surface area (Å²) in [6.07, 6.45) is 0. The number of para-hydroxylation sites is 1. The molecular formula is C9H11N3O3. The van der Waals surface area contributed by atoms with Crippen LogP contribution in [0, 0.1) is 0 Å². The number of hydrogen-bond donors (Lipinski definition) is 3. The molecule has 0 aliphatic carbocycles. The molecule has 15 heavy (non-hydrogen) atoms. The largest absolute Gasteiger partial charge is 0.494 e. The number of nitrogens with two attached hydrogens (primary N) is 2. The molecule has 0 aromatic heterocycles. The average Bonchev–Trinajstić information content (AvgIpc) is 2.16. The summed E-state index contributed by atoms with van der Waals surface area (Å²) in [5, 5.41) is 1.93. The molecule has 0 atom stereocenters. The van der Waals surface area contributed by atoms with Crippen LogP contribution < -0.4 is 21.5 Å². The second-order valence-electron chi connectivity index (χ2n) is 2.75. The number of methoxy groups -OCH3 is 1. The number of imide groups is 1. The normalized spacial score (nSPS) is 9.40. The molecule has 6 heteroatoms. The topological polar surface area (TPSA) is 107 Å². The van der Waals surface area contributed by atoms with Crippen LogP contribution in [-0.4, -0.2) is 19.0 Å². The second-order valence-corrected chi connectivity index (χ2v) is 2.75. The van der Waals surface area contributed by atoms with Crippen LogP contribution in [0.2, 0.25) is 0 Å². The fraction of sp³-hybridized carbons (Fsp3) is 0.111. The Bertz CT molecular complexity index is 404.